The lowest BCUT2D eigenvalue weighted by Crippen LogP contribution is -2.47. The highest BCUT2D eigenvalue weighted by Gasteiger charge is 2.32. The van der Waals surface area contributed by atoms with Gasteiger partial charge in [-0.15, -0.1) is 0 Å². The minimum Gasteiger partial charge on any atom is -0.481 e. The molecular formula is C15H19ClN2O3. The van der Waals surface area contributed by atoms with Gasteiger partial charge in [0.2, 0.25) is 0 Å². The van der Waals surface area contributed by atoms with Crippen LogP contribution in [0.15, 0.2) is 18.2 Å². The van der Waals surface area contributed by atoms with E-state index in [4.69, 9.17) is 16.7 Å². The number of carboxylic acids is 1. The van der Waals surface area contributed by atoms with Crippen molar-refractivity contribution < 1.29 is 14.7 Å². The van der Waals surface area contributed by atoms with Crippen LogP contribution in [-0.4, -0.2) is 34.6 Å². The van der Waals surface area contributed by atoms with Gasteiger partial charge >= 0.3 is 12.0 Å². The molecule has 0 spiro atoms. The monoisotopic (exact) mass is 310 g/mol. The third-order valence-corrected chi connectivity index (χ3v) is 4.32. The van der Waals surface area contributed by atoms with Crippen LogP contribution in [0.5, 0.6) is 0 Å². The Morgan fingerprint density at radius 3 is 2.71 bits per heavy atom. The molecule has 2 amide bonds. The Bertz CT molecular complexity index is 562. The van der Waals surface area contributed by atoms with E-state index in [1.807, 2.05) is 19.9 Å². The number of hydrogen-bond acceptors (Lipinski definition) is 2. The number of nitrogens with one attached hydrogen (secondary N) is 1. The molecule has 0 bridgehead atoms. The summed E-state index contributed by atoms with van der Waals surface area (Å²) >= 11 is 6.04. The summed E-state index contributed by atoms with van der Waals surface area (Å²) in [5.41, 5.74) is 1.59. The predicted octanol–water partition coefficient (Wildman–Crippen LogP) is 3.37. The van der Waals surface area contributed by atoms with E-state index in [-0.39, 0.29) is 18.0 Å². The highest BCUT2D eigenvalue weighted by atomic mass is 35.5. The van der Waals surface area contributed by atoms with E-state index >= 15 is 0 Å². The van der Waals surface area contributed by atoms with Crippen molar-refractivity contribution in [1.29, 1.82) is 0 Å². The number of piperidine rings is 1. The number of likely N-dealkylation sites (tertiary alicyclic amines) is 1. The van der Waals surface area contributed by atoms with Gasteiger partial charge in [0.05, 0.1) is 5.92 Å². The minimum atomic E-state index is -0.785. The Labute approximate surface area is 128 Å². The van der Waals surface area contributed by atoms with Crippen molar-refractivity contribution in [1.82, 2.24) is 4.90 Å². The normalized spacial score (nSPS) is 22.0. The fourth-order valence-corrected chi connectivity index (χ4v) is 2.74. The van der Waals surface area contributed by atoms with Crippen LogP contribution in [0.4, 0.5) is 10.5 Å². The first kappa shape index (κ1) is 15.6. The number of nitrogens with zero attached hydrogens (tertiary/aromatic N) is 1. The van der Waals surface area contributed by atoms with Crippen LogP contribution in [0.2, 0.25) is 5.02 Å². The molecule has 2 atom stereocenters. The molecule has 5 nitrogen and oxygen atoms in total. The summed E-state index contributed by atoms with van der Waals surface area (Å²) < 4.78 is 0. The fourth-order valence-electron chi connectivity index (χ4n) is 2.56. The van der Waals surface area contributed by atoms with Crippen LogP contribution in [0.3, 0.4) is 0 Å². The van der Waals surface area contributed by atoms with Gasteiger partial charge in [-0.3, -0.25) is 4.79 Å². The van der Waals surface area contributed by atoms with E-state index in [0.717, 1.165) is 5.56 Å². The summed E-state index contributed by atoms with van der Waals surface area (Å²) in [5.74, 6) is -1.15. The second kappa shape index (κ2) is 6.35. The fraction of sp³-hybridized carbons (Fsp3) is 0.467. The maximum atomic E-state index is 12.3. The topological polar surface area (TPSA) is 69.6 Å². The Kier molecular flexibility index (Phi) is 4.73. The Hall–Kier alpha value is -1.75. The largest absolute Gasteiger partial charge is 0.481 e. The average molecular weight is 311 g/mol. The molecular weight excluding hydrogens is 292 g/mol. The van der Waals surface area contributed by atoms with E-state index in [1.165, 1.54) is 0 Å². The van der Waals surface area contributed by atoms with Gasteiger partial charge in [0, 0.05) is 23.3 Å². The number of carbonyl (C=O) groups is 2. The number of aryl methyl sites for hydroxylation is 1. The molecule has 0 aromatic heterocycles. The third kappa shape index (κ3) is 3.67. The van der Waals surface area contributed by atoms with Crippen LogP contribution < -0.4 is 5.32 Å². The lowest BCUT2D eigenvalue weighted by Gasteiger charge is -2.36. The first-order valence-corrected chi connectivity index (χ1v) is 7.33. The zero-order valence-electron chi connectivity index (χ0n) is 12.1. The van der Waals surface area contributed by atoms with E-state index < -0.39 is 5.97 Å². The average Bonchev–Trinajstić information content (AvgIpc) is 2.42. The lowest BCUT2D eigenvalue weighted by molar-refractivity contribution is -0.143. The number of rotatable bonds is 2. The Balaban J connectivity index is 2.00. The Morgan fingerprint density at radius 1 is 1.43 bits per heavy atom. The third-order valence-electron chi connectivity index (χ3n) is 3.91. The van der Waals surface area contributed by atoms with Crippen molar-refractivity contribution >= 4 is 29.3 Å². The molecule has 1 heterocycles. The molecule has 0 radical (unpaired) electrons. The number of amides is 2. The molecule has 1 aliphatic heterocycles. The van der Waals surface area contributed by atoms with Crippen molar-refractivity contribution in [3.8, 4) is 0 Å². The highest BCUT2D eigenvalue weighted by molar-refractivity contribution is 6.31. The number of anilines is 1. The molecule has 2 unspecified atom stereocenters. The molecule has 1 aromatic rings. The summed E-state index contributed by atoms with van der Waals surface area (Å²) in [5, 5.41) is 12.5. The molecule has 0 aliphatic carbocycles. The van der Waals surface area contributed by atoms with E-state index in [9.17, 15) is 9.59 Å². The maximum Gasteiger partial charge on any atom is 0.322 e. The summed E-state index contributed by atoms with van der Waals surface area (Å²) in [4.78, 5) is 25.0. The molecule has 1 fully saturated rings. The quantitative estimate of drug-likeness (QED) is 0.880. The van der Waals surface area contributed by atoms with Crippen molar-refractivity contribution in [2.45, 2.75) is 32.7 Å². The second-order valence-corrected chi connectivity index (χ2v) is 5.90. The lowest BCUT2D eigenvalue weighted by atomic mass is 9.92. The Morgan fingerprint density at radius 2 is 2.14 bits per heavy atom. The van der Waals surface area contributed by atoms with Gasteiger partial charge in [-0.25, -0.2) is 4.79 Å². The number of carboxylic acid groups (broad SMARTS) is 1. The van der Waals surface area contributed by atoms with Crippen LogP contribution in [0.1, 0.15) is 25.3 Å². The van der Waals surface area contributed by atoms with Crippen molar-refractivity contribution in [2.75, 3.05) is 11.9 Å². The first-order chi connectivity index (χ1) is 9.88. The molecule has 6 heteroatoms. The van der Waals surface area contributed by atoms with Crippen molar-refractivity contribution in [2.24, 2.45) is 5.92 Å². The minimum absolute atomic E-state index is 0.0965. The van der Waals surface area contributed by atoms with Crippen LogP contribution in [0, 0.1) is 12.8 Å². The molecule has 2 rings (SSSR count). The van der Waals surface area contributed by atoms with Crippen molar-refractivity contribution in [3.05, 3.63) is 28.8 Å². The molecule has 114 valence electrons. The summed E-state index contributed by atoms with van der Waals surface area (Å²) in [6.07, 6.45) is 0.971. The SMILES string of the molecule is Cc1ccc(NC(=O)N2CCC(C(=O)O)CC2C)cc1Cl. The van der Waals surface area contributed by atoms with Crippen LogP contribution >= 0.6 is 11.6 Å². The predicted molar refractivity (Wildman–Crippen MR) is 81.7 cm³/mol. The standard InChI is InChI=1S/C15H19ClN2O3/c1-9-3-4-12(8-13(9)16)17-15(21)18-6-5-11(14(19)20)7-10(18)2/h3-4,8,10-11H,5-7H2,1-2H3,(H,17,21)(H,19,20). The molecule has 21 heavy (non-hydrogen) atoms. The molecule has 1 saturated heterocycles. The van der Waals surface area contributed by atoms with Gasteiger partial charge in [-0.05, 0) is 44.4 Å². The summed E-state index contributed by atoms with van der Waals surface area (Å²) in [6.45, 7) is 4.22. The van der Waals surface area contributed by atoms with Gasteiger partial charge < -0.3 is 15.3 Å². The first-order valence-electron chi connectivity index (χ1n) is 6.95. The number of benzene rings is 1. The van der Waals surface area contributed by atoms with Gasteiger partial charge in [-0.2, -0.15) is 0 Å². The number of carbonyl (C=O) groups excluding carboxylic acids is 1. The summed E-state index contributed by atoms with van der Waals surface area (Å²) in [7, 11) is 0. The molecule has 1 aliphatic rings. The molecule has 1 aromatic carbocycles. The zero-order chi connectivity index (χ0) is 15.6. The maximum absolute atomic E-state index is 12.3. The second-order valence-electron chi connectivity index (χ2n) is 5.50. The van der Waals surface area contributed by atoms with Crippen molar-refractivity contribution in [3.63, 3.8) is 0 Å². The number of urea groups is 1. The van der Waals surface area contributed by atoms with E-state index in [0.29, 0.717) is 30.1 Å². The number of hydrogen-bond donors (Lipinski definition) is 2. The summed E-state index contributed by atoms with van der Waals surface area (Å²) in [6, 6.07) is 5.04. The van der Waals surface area contributed by atoms with E-state index in [2.05, 4.69) is 5.32 Å². The number of halogens is 1. The molecule has 0 saturated carbocycles. The van der Waals surface area contributed by atoms with Crippen LogP contribution in [0.25, 0.3) is 0 Å². The smallest absolute Gasteiger partial charge is 0.322 e. The van der Waals surface area contributed by atoms with Gasteiger partial charge in [0.25, 0.3) is 0 Å². The zero-order valence-corrected chi connectivity index (χ0v) is 12.9. The highest BCUT2D eigenvalue weighted by Crippen LogP contribution is 2.25. The van der Waals surface area contributed by atoms with E-state index in [1.54, 1.807) is 17.0 Å². The van der Waals surface area contributed by atoms with Gasteiger partial charge in [-0.1, -0.05) is 17.7 Å². The number of aliphatic carboxylic acids is 1. The van der Waals surface area contributed by atoms with Gasteiger partial charge in [0.1, 0.15) is 0 Å². The van der Waals surface area contributed by atoms with Gasteiger partial charge in [0.15, 0.2) is 0 Å². The van der Waals surface area contributed by atoms with Crippen LogP contribution in [-0.2, 0) is 4.79 Å². The molecule has 2 N–H and O–H groups in total.